The van der Waals surface area contributed by atoms with E-state index >= 15 is 0 Å². The van der Waals surface area contributed by atoms with Crippen molar-refractivity contribution < 1.29 is 8.42 Å². The third-order valence-corrected chi connectivity index (χ3v) is 4.64. The average molecular weight is 354 g/mol. The number of hydrogen-bond donors (Lipinski definition) is 1. The van der Waals surface area contributed by atoms with Crippen molar-refractivity contribution in [2.24, 2.45) is 0 Å². The standard InChI is InChI=1S/C15H16BrNO2S/c1-11(12-4-3-5-13(16)10-12)17-14-6-8-15(9-7-14)20(2,18)19/h3-11,17H,1-2H3. The zero-order valence-corrected chi connectivity index (χ0v) is 13.7. The second-order valence-corrected chi connectivity index (χ2v) is 7.65. The van der Waals surface area contributed by atoms with Gasteiger partial charge >= 0.3 is 0 Å². The summed E-state index contributed by atoms with van der Waals surface area (Å²) in [4.78, 5) is 0.332. The molecule has 0 fully saturated rings. The molecule has 0 aliphatic heterocycles. The molecule has 2 rings (SSSR count). The Hall–Kier alpha value is -1.33. The second-order valence-electron chi connectivity index (χ2n) is 4.72. The predicted octanol–water partition coefficient (Wildman–Crippen LogP) is 4.03. The minimum atomic E-state index is -3.14. The lowest BCUT2D eigenvalue weighted by molar-refractivity contribution is 0.602. The van der Waals surface area contributed by atoms with E-state index < -0.39 is 9.84 Å². The van der Waals surface area contributed by atoms with Crippen molar-refractivity contribution in [2.45, 2.75) is 17.9 Å². The van der Waals surface area contributed by atoms with E-state index in [1.54, 1.807) is 24.3 Å². The lowest BCUT2D eigenvalue weighted by Crippen LogP contribution is -2.06. The van der Waals surface area contributed by atoms with Crippen LogP contribution in [0.3, 0.4) is 0 Å². The van der Waals surface area contributed by atoms with E-state index in [0.29, 0.717) is 4.90 Å². The third kappa shape index (κ3) is 3.84. The highest BCUT2D eigenvalue weighted by atomic mass is 79.9. The van der Waals surface area contributed by atoms with E-state index in [-0.39, 0.29) is 6.04 Å². The molecule has 0 saturated heterocycles. The smallest absolute Gasteiger partial charge is 0.175 e. The summed E-state index contributed by atoms with van der Waals surface area (Å²) in [6.07, 6.45) is 1.21. The molecule has 106 valence electrons. The van der Waals surface area contributed by atoms with Crippen LogP contribution >= 0.6 is 15.9 Å². The summed E-state index contributed by atoms with van der Waals surface area (Å²) in [6.45, 7) is 2.06. The maximum absolute atomic E-state index is 11.4. The van der Waals surface area contributed by atoms with E-state index in [2.05, 4.69) is 34.2 Å². The van der Waals surface area contributed by atoms with Gasteiger partial charge in [0.15, 0.2) is 9.84 Å². The molecule has 3 nitrogen and oxygen atoms in total. The number of hydrogen-bond acceptors (Lipinski definition) is 3. The lowest BCUT2D eigenvalue weighted by atomic mass is 10.1. The number of benzene rings is 2. The molecule has 0 radical (unpaired) electrons. The van der Waals surface area contributed by atoms with Crippen LogP contribution in [0.25, 0.3) is 0 Å². The molecular formula is C15H16BrNO2S. The van der Waals surface area contributed by atoms with Crippen LogP contribution in [0, 0.1) is 0 Å². The second kappa shape index (κ2) is 5.97. The quantitative estimate of drug-likeness (QED) is 0.902. The molecule has 0 aliphatic rings. The topological polar surface area (TPSA) is 46.2 Å². The first-order valence-electron chi connectivity index (χ1n) is 6.18. The van der Waals surface area contributed by atoms with Gasteiger partial charge in [-0.1, -0.05) is 28.1 Å². The number of halogens is 1. The van der Waals surface area contributed by atoms with E-state index in [0.717, 1.165) is 15.7 Å². The summed E-state index contributed by atoms with van der Waals surface area (Å²) < 4.78 is 23.8. The van der Waals surface area contributed by atoms with Gasteiger partial charge in [0.25, 0.3) is 0 Å². The summed E-state index contributed by atoms with van der Waals surface area (Å²) in [5.41, 5.74) is 2.05. The van der Waals surface area contributed by atoms with E-state index in [1.165, 1.54) is 6.26 Å². The molecule has 0 aromatic heterocycles. The van der Waals surface area contributed by atoms with Gasteiger partial charge in [0.1, 0.15) is 0 Å². The van der Waals surface area contributed by atoms with Crippen LogP contribution in [0.4, 0.5) is 5.69 Å². The van der Waals surface area contributed by atoms with Crippen molar-refractivity contribution in [2.75, 3.05) is 11.6 Å². The fraction of sp³-hybridized carbons (Fsp3) is 0.200. The molecule has 1 unspecified atom stereocenters. The summed E-state index contributed by atoms with van der Waals surface area (Å²) in [7, 11) is -3.14. The summed E-state index contributed by atoms with van der Waals surface area (Å²) in [5, 5.41) is 3.35. The first-order valence-corrected chi connectivity index (χ1v) is 8.87. The molecule has 2 aromatic rings. The first-order chi connectivity index (χ1) is 9.36. The van der Waals surface area contributed by atoms with Gasteiger partial charge in [0.05, 0.1) is 4.90 Å². The molecule has 0 saturated carbocycles. The Balaban J connectivity index is 2.14. The number of anilines is 1. The Morgan fingerprint density at radius 1 is 1.10 bits per heavy atom. The van der Waals surface area contributed by atoms with Gasteiger partial charge in [-0.3, -0.25) is 0 Å². The molecule has 1 atom stereocenters. The number of sulfone groups is 1. The Kier molecular flexibility index (Phi) is 4.50. The van der Waals surface area contributed by atoms with Crippen LogP contribution in [0.2, 0.25) is 0 Å². The Morgan fingerprint density at radius 2 is 1.75 bits per heavy atom. The molecule has 20 heavy (non-hydrogen) atoms. The van der Waals surface area contributed by atoms with Crippen LogP contribution in [0.5, 0.6) is 0 Å². The van der Waals surface area contributed by atoms with Crippen molar-refractivity contribution in [3.05, 3.63) is 58.6 Å². The zero-order chi connectivity index (χ0) is 14.8. The SMILES string of the molecule is CC(Nc1ccc(S(C)(=O)=O)cc1)c1cccc(Br)c1. The molecule has 0 heterocycles. The summed E-state index contributed by atoms with van der Waals surface area (Å²) >= 11 is 3.45. The largest absolute Gasteiger partial charge is 0.379 e. The Bertz CT molecular complexity index is 696. The van der Waals surface area contributed by atoms with Crippen LogP contribution in [-0.4, -0.2) is 14.7 Å². The fourth-order valence-corrected chi connectivity index (χ4v) is 2.96. The molecule has 0 spiro atoms. The molecule has 2 aromatic carbocycles. The van der Waals surface area contributed by atoms with Gasteiger partial charge in [-0.05, 0) is 48.9 Å². The normalized spacial score (nSPS) is 12.9. The van der Waals surface area contributed by atoms with Crippen LogP contribution in [0.1, 0.15) is 18.5 Å². The van der Waals surface area contributed by atoms with Crippen molar-refractivity contribution >= 4 is 31.5 Å². The van der Waals surface area contributed by atoms with Crippen LogP contribution in [-0.2, 0) is 9.84 Å². The summed E-state index contributed by atoms with van der Waals surface area (Å²) in [5.74, 6) is 0. The molecule has 1 N–H and O–H groups in total. The van der Waals surface area contributed by atoms with Gasteiger partial charge < -0.3 is 5.32 Å². The molecule has 0 bridgehead atoms. The van der Waals surface area contributed by atoms with Gasteiger partial charge in [-0.25, -0.2) is 8.42 Å². The Morgan fingerprint density at radius 3 is 2.30 bits per heavy atom. The zero-order valence-electron chi connectivity index (χ0n) is 11.3. The lowest BCUT2D eigenvalue weighted by Gasteiger charge is -2.16. The van der Waals surface area contributed by atoms with Crippen LogP contribution in [0.15, 0.2) is 57.9 Å². The maximum Gasteiger partial charge on any atom is 0.175 e. The number of nitrogens with one attached hydrogen (secondary N) is 1. The molecular weight excluding hydrogens is 338 g/mol. The highest BCUT2D eigenvalue weighted by Gasteiger charge is 2.08. The molecule has 0 aliphatic carbocycles. The third-order valence-electron chi connectivity index (χ3n) is 3.01. The van der Waals surface area contributed by atoms with Gasteiger partial charge in [-0.15, -0.1) is 0 Å². The summed E-state index contributed by atoms with van der Waals surface area (Å²) in [6, 6.07) is 15.0. The van der Waals surface area contributed by atoms with Gasteiger partial charge in [0.2, 0.25) is 0 Å². The van der Waals surface area contributed by atoms with Crippen molar-refractivity contribution in [1.29, 1.82) is 0 Å². The van der Waals surface area contributed by atoms with Crippen LogP contribution < -0.4 is 5.32 Å². The van der Waals surface area contributed by atoms with E-state index in [4.69, 9.17) is 0 Å². The van der Waals surface area contributed by atoms with Crippen molar-refractivity contribution in [1.82, 2.24) is 0 Å². The highest BCUT2D eigenvalue weighted by Crippen LogP contribution is 2.23. The van der Waals surface area contributed by atoms with Gasteiger partial charge in [-0.2, -0.15) is 0 Å². The Labute approximate surface area is 128 Å². The van der Waals surface area contributed by atoms with Gasteiger partial charge in [0, 0.05) is 22.5 Å². The molecule has 5 heteroatoms. The molecule has 0 amide bonds. The maximum atomic E-state index is 11.4. The average Bonchev–Trinajstić information content (AvgIpc) is 2.38. The minimum Gasteiger partial charge on any atom is -0.379 e. The van der Waals surface area contributed by atoms with Crippen molar-refractivity contribution in [3.63, 3.8) is 0 Å². The number of rotatable bonds is 4. The predicted molar refractivity (Wildman–Crippen MR) is 85.7 cm³/mol. The first kappa shape index (κ1) is 15.1. The highest BCUT2D eigenvalue weighted by molar-refractivity contribution is 9.10. The van der Waals surface area contributed by atoms with E-state index in [1.807, 2.05) is 18.2 Å². The monoisotopic (exact) mass is 353 g/mol. The van der Waals surface area contributed by atoms with E-state index in [9.17, 15) is 8.42 Å². The van der Waals surface area contributed by atoms with Crippen molar-refractivity contribution in [3.8, 4) is 0 Å². The fourth-order valence-electron chi connectivity index (χ4n) is 1.91. The minimum absolute atomic E-state index is 0.136.